The van der Waals surface area contributed by atoms with Crippen LogP contribution >= 0.6 is 15.6 Å². The van der Waals surface area contributed by atoms with Gasteiger partial charge in [0.25, 0.3) is 0 Å². The zero-order valence-electron chi connectivity index (χ0n) is 15.0. The predicted molar refractivity (Wildman–Crippen MR) is 95.6 cm³/mol. The molecule has 2 aliphatic heterocycles. The second-order valence-corrected chi connectivity index (χ2v) is 10.4. The van der Waals surface area contributed by atoms with Crippen molar-refractivity contribution in [3.05, 3.63) is 11.8 Å². The van der Waals surface area contributed by atoms with Gasteiger partial charge in [-0.05, 0) is 0 Å². The number of nitrogens with zero attached hydrogens (tertiary/aromatic N) is 3. The average Bonchev–Trinajstić information content (AvgIpc) is 3.14. The third-order valence-electron chi connectivity index (χ3n) is 4.19. The van der Waals surface area contributed by atoms with Gasteiger partial charge in [-0.3, -0.25) is 14.5 Å². The van der Waals surface area contributed by atoms with Crippen LogP contribution in [0.3, 0.4) is 0 Å². The van der Waals surface area contributed by atoms with Crippen LogP contribution in [0.4, 0.5) is 11.5 Å². The summed E-state index contributed by atoms with van der Waals surface area (Å²) in [5.74, 6) is -0.284. The Labute approximate surface area is 172 Å². The minimum Gasteiger partial charge on any atom is -0.387 e. The lowest BCUT2D eigenvalue weighted by atomic mass is 10.1. The Bertz CT molecular complexity index is 1120. The molecule has 1 aromatic heterocycles. The fourth-order valence-corrected chi connectivity index (χ4v) is 5.07. The maximum Gasteiger partial charge on any atom is 0.488 e. The van der Waals surface area contributed by atoms with Crippen LogP contribution in [0.2, 0.25) is 0 Å². The van der Waals surface area contributed by atoms with E-state index >= 15 is 0 Å². The number of anilines is 2. The molecule has 0 spiro atoms. The van der Waals surface area contributed by atoms with Crippen LogP contribution in [0.25, 0.3) is 0 Å². The average molecular weight is 509 g/mol. The maximum absolute atomic E-state index is 11.8. The topological polar surface area (TPSA) is 274 Å². The lowest BCUT2D eigenvalue weighted by molar-refractivity contribution is -0.0212. The summed E-state index contributed by atoms with van der Waals surface area (Å²) in [6, 6.07) is 0. The van der Waals surface area contributed by atoms with Crippen molar-refractivity contribution < 1.29 is 60.2 Å². The molecule has 0 amide bonds. The Morgan fingerprint density at radius 2 is 1.94 bits per heavy atom. The van der Waals surface area contributed by atoms with E-state index in [4.69, 9.17) is 14.7 Å². The SMILES string of the molecule is N=c1ncn(P(=O)(O)O)c2c1NCN2[C@@H]1O[C@H](COP(=O)(O)OS(=O)(=O)O)[C@@H](O)[C@H]1O. The second-order valence-electron chi connectivity index (χ2n) is 6.27. The summed E-state index contributed by atoms with van der Waals surface area (Å²) in [5, 5.41) is 30.9. The van der Waals surface area contributed by atoms with Crippen molar-refractivity contribution in [1.29, 1.82) is 5.41 Å². The van der Waals surface area contributed by atoms with E-state index in [9.17, 15) is 42.4 Å². The number of fused-ring (bicyclic) bond motifs is 1. The van der Waals surface area contributed by atoms with E-state index < -0.39 is 57.1 Å². The molecule has 3 rings (SSSR count). The number of aliphatic hydroxyl groups excluding tert-OH is 2. The number of hydrogen-bond donors (Lipinski definition) is 8. The second kappa shape index (κ2) is 8.14. The van der Waals surface area contributed by atoms with Crippen molar-refractivity contribution in [3.8, 4) is 0 Å². The van der Waals surface area contributed by atoms with Gasteiger partial charge in [0.15, 0.2) is 11.7 Å². The lowest BCUT2D eigenvalue weighted by Crippen LogP contribution is -2.45. The highest BCUT2D eigenvalue weighted by Gasteiger charge is 2.49. The van der Waals surface area contributed by atoms with E-state index in [2.05, 4.69) is 18.8 Å². The molecule has 1 fully saturated rings. The molecule has 0 aliphatic carbocycles. The van der Waals surface area contributed by atoms with Crippen molar-refractivity contribution in [3.63, 3.8) is 0 Å². The standard InChI is InChI=1S/C10H17N5O13P2S/c11-8-5-9(15(3-13-8)29(18,19)20)14(2-12-5)10-7(17)6(16)4(27-10)1-26-30(21,22)28-31(23,24)25/h3-4,6-7,10-12,16-17H,1-2H2,(H,21,22)(H2,18,19,20)(H,23,24,25)/t4-,6-,7-,10-/m1/s1. The van der Waals surface area contributed by atoms with Gasteiger partial charge in [0.2, 0.25) is 0 Å². The molecule has 31 heavy (non-hydrogen) atoms. The Morgan fingerprint density at radius 1 is 1.29 bits per heavy atom. The highest BCUT2D eigenvalue weighted by molar-refractivity contribution is 7.85. The van der Waals surface area contributed by atoms with Crippen LogP contribution < -0.4 is 15.7 Å². The Balaban J connectivity index is 1.83. The highest BCUT2D eigenvalue weighted by Crippen LogP contribution is 2.47. The molecule has 8 N–H and O–H groups in total. The number of aliphatic hydroxyl groups is 2. The molecule has 0 radical (unpaired) electrons. The number of phosphoric acid groups is 1. The summed E-state index contributed by atoms with van der Waals surface area (Å²) in [4.78, 5) is 33.0. The Hall–Kier alpha value is -1.47. The first-order chi connectivity index (χ1) is 14.1. The van der Waals surface area contributed by atoms with Crippen molar-refractivity contribution >= 4 is 37.5 Å². The lowest BCUT2D eigenvalue weighted by Gasteiger charge is -2.29. The maximum atomic E-state index is 11.8. The molecule has 1 unspecified atom stereocenters. The zero-order chi connectivity index (χ0) is 23.4. The van der Waals surface area contributed by atoms with Crippen LogP contribution in [0.1, 0.15) is 0 Å². The molecule has 1 aromatic rings. The fourth-order valence-electron chi connectivity index (χ4n) is 2.96. The van der Waals surface area contributed by atoms with Crippen LogP contribution in [-0.4, -0.2) is 85.0 Å². The van der Waals surface area contributed by atoms with E-state index in [1.165, 1.54) is 0 Å². The van der Waals surface area contributed by atoms with Gasteiger partial charge in [0.1, 0.15) is 36.1 Å². The third kappa shape index (κ3) is 5.14. The first-order valence-corrected chi connectivity index (χ1v) is 12.4. The Kier molecular flexibility index (Phi) is 6.35. The third-order valence-corrected chi connectivity index (χ3v) is 7.02. The van der Waals surface area contributed by atoms with Crippen molar-refractivity contribution in [2.24, 2.45) is 0 Å². The van der Waals surface area contributed by atoms with E-state index in [0.29, 0.717) is 10.7 Å². The summed E-state index contributed by atoms with van der Waals surface area (Å²) >= 11 is 0. The van der Waals surface area contributed by atoms with E-state index in [-0.39, 0.29) is 23.7 Å². The first-order valence-electron chi connectivity index (χ1n) is 8.01. The molecular weight excluding hydrogens is 492 g/mol. The molecular formula is C10H17N5O13P2S. The van der Waals surface area contributed by atoms with E-state index in [1.807, 2.05) is 0 Å². The number of hydrogen-bond acceptors (Lipinski definition) is 13. The van der Waals surface area contributed by atoms with Gasteiger partial charge in [0.05, 0.1) is 13.3 Å². The Morgan fingerprint density at radius 3 is 2.52 bits per heavy atom. The minimum absolute atomic E-state index is 0.0998. The van der Waals surface area contributed by atoms with Gasteiger partial charge in [-0.2, -0.15) is 8.42 Å². The van der Waals surface area contributed by atoms with E-state index in [1.54, 1.807) is 0 Å². The van der Waals surface area contributed by atoms with Crippen LogP contribution in [0.15, 0.2) is 6.33 Å². The number of ether oxygens (including phenoxy) is 1. The van der Waals surface area contributed by atoms with Gasteiger partial charge in [-0.15, -0.1) is 3.97 Å². The number of nitrogens with one attached hydrogen (secondary N) is 2. The molecule has 5 atom stereocenters. The molecule has 176 valence electrons. The quantitative estimate of drug-likeness (QED) is 0.133. The number of aromatic nitrogens is 2. The summed E-state index contributed by atoms with van der Waals surface area (Å²) in [5.41, 5.74) is -0.476. The highest BCUT2D eigenvalue weighted by atomic mass is 32.3. The normalized spacial score (nSPS) is 28.3. The smallest absolute Gasteiger partial charge is 0.387 e. The van der Waals surface area contributed by atoms with Gasteiger partial charge in [0, 0.05) is 0 Å². The summed E-state index contributed by atoms with van der Waals surface area (Å²) in [6.07, 6.45) is -5.82. The van der Waals surface area contributed by atoms with Crippen LogP contribution in [-0.2, 0) is 32.8 Å². The minimum atomic E-state index is -5.34. The fraction of sp³-hybridized carbons (Fsp3) is 0.600. The summed E-state index contributed by atoms with van der Waals surface area (Å²) in [6.45, 7) is -1.22. The number of phosphoric ester groups is 1. The molecule has 0 saturated carbocycles. The molecule has 1 saturated heterocycles. The molecule has 0 bridgehead atoms. The van der Waals surface area contributed by atoms with Crippen molar-refractivity contribution in [1.82, 2.24) is 9.32 Å². The van der Waals surface area contributed by atoms with Gasteiger partial charge in [-0.25, -0.2) is 18.5 Å². The summed E-state index contributed by atoms with van der Waals surface area (Å²) < 4.78 is 66.4. The predicted octanol–water partition coefficient (Wildman–Crippen LogP) is -3.12. The molecule has 0 aromatic carbocycles. The monoisotopic (exact) mass is 509 g/mol. The first kappa shape index (κ1) is 24.2. The van der Waals surface area contributed by atoms with Gasteiger partial charge >= 0.3 is 26.0 Å². The van der Waals surface area contributed by atoms with Gasteiger partial charge < -0.3 is 39.8 Å². The van der Waals surface area contributed by atoms with Crippen molar-refractivity contribution in [2.45, 2.75) is 24.5 Å². The molecule has 3 heterocycles. The molecule has 2 aliphatic rings. The zero-order valence-corrected chi connectivity index (χ0v) is 17.6. The van der Waals surface area contributed by atoms with Crippen LogP contribution in [0, 0.1) is 5.41 Å². The van der Waals surface area contributed by atoms with E-state index in [0.717, 1.165) is 4.90 Å². The number of rotatable bonds is 7. The molecule has 18 nitrogen and oxygen atoms in total. The molecule has 21 heteroatoms. The van der Waals surface area contributed by atoms with Crippen molar-refractivity contribution in [2.75, 3.05) is 23.5 Å². The summed E-state index contributed by atoms with van der Waals surface area (Å²) in [7, 11) is -15.6. The van der Waals surface area contributed by atoms with Gasteiger partial charge in [-0.1, -0.05) is 0 Å². The van der Waals surface area contributed by atoms with Crippen LogP contribution in [0.5, 0.6) is 0 Å². The largest absolute Gasteiger partial charge is 0.488 e.